The first-order chi connectivity index (χ1) is 8.39. The summed E-state index contributed by atoms with van der Waals surface area (Å²) < 4.78 is 26.2. The summed E-state index contributed by atoms with van der Waals surface area (Å²) in [6, 6.07) is 7.33. The second kappa shape index (κ2) is 4.79. The van der Waals surface area contributed by atoms with Crippen molar-refractivity contribution in [3.63, 3.8) is 0 Å². The van der Waals surface area contributed by atoms with Gasteiger partial charge in [0.15, 0.2) is 5.78 Å². The van der Waals surface area contributed by atoms with E-state index >= 15 is 0 Å². The molecule has 1 aromatic rings. The molecule has 0 amide bonds. The lowest BCUT2D eigenvalue weighted by atomic mass is 9.94. The van der Waals surface area contributed by atoms with Crippen molar-refractivity contribution in [2.75, 3.05) is 0 Å². The van der Waals surface area contributed by atoms with Crippen LogP contribution < -0.4 is 0 Å². The lowest BCUT2D eigenvalue weighted by Crippen LogP contribution is -2.15. The molecule has 1 aliphatic rings. The van der Waals surface area contributed by atoms with Gasteiger partial charge in [0.05, 0.1) is 0 Å². The van der Waals surface area contributed by atoms with Gasteiger partial charge in [0.1, 0.15) is 0 Å². The topological polar surface area (TPSA) is 17.1 Å². The summed E-state index contributed by atoms with van der Waals surface area (Å²) in [5.41, 5.74) is 1.71. The van der Waals surface area contributed by atoms with E-state index in [0.29, 0.717) is 17.9 Å². The first-order valence-corrected chi connectivity index (χ1v) is 6.41. The minimum atomic E-state index is -2.65. The van der Waals surface area contributed by atoms with E-state index in [0.717, 1.165) is 5.56 Å². The minimum absolute atomic E-state index is 0.137. The Hall–Kier alpha value is -1.25. The molecular formula is C15H18F2O. The molecule has 1 saturated carbocycles. The van der Waals surface area contributed by atoms with E-state index in [4.69, 9.17) is 0 Å². The Bertz CT molecular complexity index is 434. The number of halogens is 2. The number of hydrogen-bond donors (Lipinski definition) is 0. The van der Waals surface area contributed by atoms with Gasteiger partial charge in [-0.15, -0.1) is 0 Å². The molecule has 1 aliphatic carbocycles. The SMILES string of the molecule is CC(C)c1ccc(C(=O)C2CCC(F)(F)C2)cc1. The maximum absolute atomic E-state index is 13.1. The maximum Gasteiger partial charge on any atom is 0.248 e. The van der Waals surface area contributed by atoms with Crippen molar-refractivity contribution < 1.29 is 13.6 Å². The largest absolute Gasteiger partial charge is 0.294 e. The van der Waals surface area contributed by atoms with E-state index in [-0.39, 0.29) is 18.6 Å². The fraction of sp³-hybridized carbons (Fsp3) is 0.533. The lowest BCUT2D eigenvalue weighted by molar-refractivity contribution is 0.00530. The molecule has 2 rings (SSSR count). The van der Waals surface area contributed by atoms with Crippen molar-refractivity contribution in [1.29, 1.82) is 0 Å². The van der Waals surface area contributed by atoms with E-state index in [1.54, 1.807) is 12.1 Å². The first-order valence-electron chi connectivity index (χ1n) is 6.41. The molecule has 0 radical (unpaired) electrons. The average Bonchev–Trinajstić information content (AvgIpc) is 2.69. The van der Waals surface area contributed by atoms with Crippen molar-refractivity contribution in [2.24, 2.45) is 5.92 Å². The summed E-state index contributed by atoms with van der Waals surface area (Å²) in [4.78, 5) is 12.1. The van der Waals surface area contributed by atoms with Gasteiger partial charge in [0.2, 0.25) is 5.92 Å². The van der Waals surface area contributed by atoms with Crippen molar-refractivity contribution in [3.8, 4) is 0 Å². The van der Waals surface area contributed by atoms with E-state index in [9.17, 15) is 13.6 Å². The number of Topliss-reactive ketones (excluding diaryl/α,β-unsaturated/α-hetero) is 1. The molecular weight excluding hydrogens is 234 g/mol. The summed E-state index contributed by atoms with van der Waals surface area (Å²) in [6.07, 6.45) is -0.150. The van der Waals surface area contributed by atoms with Gasteiger partial charge in [-0.05, 0) is 17.9 Å². The Kier molecular flexibility index (Phi) is 3.51. The van der Waals surface area contributed by atoms with Crippen LogP contribution in [0.2, 0.25) is 0 Å². The molecule has 0 N–H and O–H groups in total. The number of alkyl halides is 2. The van der Waals surface area contributed by atoms with Crippen LogP contribution in [0.4, 0.5) is 8.78 Å². The quantitative estimate of drug-likeness (QED) is 0.727. The molecule has 98 valence electrons. The van der Waals surface area contributed by atoms with Crippen molar-refractivity contribution >= 4 is 5.78 Å². The molecule has 1 fully saturated rings. The van der Waals surface area contributed by atoms with Crippen LogP contribution in [0.5, 0.6) is 0 Å². The number of ketones is 1. The molecule has 1 aromatic carbocycles. The first kappa shape index (κ1) is 13.2. The zero-order valence-electron chi connectivity index (χ0n) is 10.7. The molecule has 0 bridgehead atoms. The summed E-state index contributed by atoms with van der Waals surface area (Å²) in [5.74, 6) is -2.89. The van der Waals surface area contributed by atoms with Crippen LogP contribution in [0.1, 0.15) is 54.9 Å². The fourth-order valence-electron chi connectivity index (χ4n) is 2.44. The standard InChI is InChI=1S/C15H18F2O/c1-10(2)11-3-5-12(6-4-11)14(18)13-7-8-15(16,17)9-13/h3-6,10,13H,7-9H2,1-2H3. The van der Waals surface area contributed by atoms with E-state index < -0.39 is 11.8 Å². The Labute approximate surface area is 106 Å². The molecule has 3 heteroatoms. The highest BCUT2D eigenvalue weighted by atomic mass is 19.3. The number of hydrogen-bond acceptors (Lipinski definition) is 1. The van der Waals surface area contributed by atoms with Crippen LogP contribution in [-0.4, -0.2) is 11.7 Å². The fourth-order valence-corrected chi connectivity index (χ4v) is 2.44. The Morgan fingerprint density at radius 3 is 2.33 bits per heavy atom. The van der Waals surface area contributed by atoms with Gasteiger partial charge in [-0.2, -0.15) is 0 Å². The number of carbonyl (C=O) groups excluding carboxylic acids is 1. The normalized spacial score (nSPS) is 22.4. The Morgan fingerprint density at radius 2 is 1.89 bits per heavy atom. The van der Waals surface area contributed by atoms with E-state index in [1.807, 2.05) is 12.1 Å². The van der Waals surface area contributed by atoms with E-state index in [2.05, 4.69) is 13.8 Å². The van der Waals surface area contributed by atoms with Gasteiger partial charge in [0, 0.05) is 24.3 Å². The summed E-state index contributed by atoms with van der Waals surface area (Å²) in [6.45, 7) is 4.16. The highest BCUT2D eigenvalue weighted by Crippen LogP contribution is 2.40. The van der Waals surface area contributed by atoms with Crippen molar-refractivity contribution in [2.45, 2.75) is 45.0 Å². The Balaban J connectivity index is 2.10. The second-order valence-corrected chi connectivity index (χ2v) is 5.44. The van der Waals surface area contributed by atoms with E-state index in [1.165, 1.54) is 0 Å². The summed E-state index contributed by atoms with van der Waals surface area (Å²) in [7, 11) is 0. The van der Waals surface area contributed by atoms with Crippen LogP contribution in [0.3, 0.4) is 0 Å². The van der Waals surface area contributed by atoms with Crippen LogP contribution in [0.25, 0.3) is 0 Å². The third kappa shape index (κ3) is 2.77. The zero-order valence-corrected chi connectivity index (χ0v) is 10.7. The molecule has 0 spiro atoms. The van der Waals surface area contributed by atoms with Crippen molar-refractivity contribution in [3.05, 3.63) is 35.4 Å². The number of carbonyl (C=O) groups is 1. The predicted molar refractivity (Wildman–Crippen MR) is 67.1 cm³/mol. The van der Waals surface area contributed by atoms with Crippen molar-refractivity contribution in [1.82, 2.24) is 0 Å². The number of benzene rings is 1. The molecule has 18 heavy (non-hydrogen) atoms. The maximum atomic E-state index is 13.1. The second-order valence-electron chi connectivity index (χ2n) is 5.44. The molecule has 0 heterocycles. The summed E-state index contributed by atoms with van der Waals surface area (Å²) >= 11 is 0. The van der Waals surface area contributed by atoms with Crippen LogP contribution in [0.15, 0.2) is 24.3 Å². The zero-order chi connectivity index (χ0) is 13.3. The monoisotopic (exact) mass is 252 g/mol. The van der Waals surface area contributed by atoms with Gasteiger partial charge >= 0.3 is 0 Å². The smallest absolute Gasteiger partial charge is 0.248 e. The molecule has 0 aliphatic heterocycles. The highest BCUT2D eigenvalue weighted by Gasteiger charge is 2.42. The highest BCUT2D eigenvalue weighted by molar-refractivity contribution is 5.98. The van der Waals surface area contributed by atoms with Gasteiger partial charge in [-0.1, -0.05) is 38.1 Å². The minimum Gasteiger partial charge on any atom is -0.294 e. The molecule has 0 aromatic heterocycles. The predicted octanol–water partition coefficient (Wildman–Crippen LogP) is 4.43. The van der Waals surface area contributed by atoms with Gasteiger partial charge in [-0.3, -0.25) is 4.79 Å². The Morgan fingerprint density at radius 1 is 1.28 bits per heavy atom. The van der Waals surface area contributed by atoms with Crippen LogP contribution >= 0.6 is 0 Å². The van der Waals surface area contributed by atoms with Crippen LogP contribution in [-0.2, 0) is 0 Å². The summed E-state index contributed by atoms with van der Waals surface area (Å²) in [5, 5.41) is 0. The number of rotatable bonds is 3. The van der Waals surface area contributed by atoms with Gasteiger partial charge in [-0.25, -0.2) is 8.78 Å². The van der Waals surface area contributed by atoms with Gasteiger partial charge < -0.3 is 0 Å². The molecule has 1 atom stereocenters. The third-order valence-corrected chi connectivity index (χ3v) is 3.64. The molecule has 1 unspecified atom stereocenters. The third-order valence-electron chi connectivity index (χ3n) is 3.64. The van der Waals surface area contributed by atoms with Gasteiger partial charge in [0.25, 0.3) is 0 Å². The average molecular weight is 252 g/mol. The van der Waals surface area contributed by atoms with Crippen LogP contribution in [0, 0.1) is 5.92 Å². The molecule has 1 nitrogen and oxygen atoms in total. The molecule has 0 saturated heterocycles. The lowest BCUT2D eigenvalue weighted by Gasteiger charge is -2.11.